The van der Waals surface area contributed by atoms with Crippen LogP contribution in [-0.2, 0) is 14.3 Å². The van der Waals surface area contributed by atoms with E-state index in [0.29, 0.717) is 29.7 Å². The molecular formula is C20H29NO4. The summed E-state index contributed by atoms with van der Waals surface area (Å²) in [5, 5.41) is 12.9. The molecule has 3 rings (SSSR count). The molecule has 0 radical (unpaired) electrons. The summed E-state index contributed by atoms with van der Waals surface area (Å²) in [6.45, 7) is 6.89. The van der Waals surface area contributed by atoms with Gasteiger partial charge in [-0.15, -0.1) is 0 Å². The lowest BCUT2D eigenvalue weighted by Gasteiger charge is -2.54. The highest BCUT2D eigenvalue weighted by molar-refractivity contribution is 5.92. The summed E-state index contributed by atoms with van der Waals surface area (Å²) in [4.78, 5) is 22.7. The summed E-state index contributed by atoms with van der Waals surface area (Å²) < 4.78 is 5.08. The van der Waals surface area contributed by atoms with Gasteiger partial charge in [0.05, 0.1) is 17.7 Å². The third kappa shape index (κ3) is 3.14. The molecule has 138 valence electrons. The number of cyclic esters (lactones) is 1. The number of hydrogen-bond donors (Lipinski definition) is 2. The summed E-state index contributed by atoms with van der Waals surface area (Å²) in [5.74, 6) is 0.770. The van der Waals surface area contributed by atoms with Gasteiger partial charge in [-0.3, -0.25) is 4.79 Å². The van der Waals surface area contributed by atoms with Crippen LogP contribution in [0.5, 0.6) is 0 Å². The Kier molecular flexibility index (Phi) is 5.05. The highest BCUT2D eigenvalue weighted by Crippen LogP contribution is 2.56. The van der Waals surface area contributed by atoms with Gasteiger partial charge in [0.1, 0.15) is 6.61 Å². The molecule has 1 saturated heterocycles. The van der Waals surface area contributed by atoms with Crippen LogP contribution < -0.4 is 5.32 Å². The number of nitrogens with one attached hydrogen (secondary N) is 1. The van der Waals surface area contributed by atoms with E-state index in [9.17, 15) is 14.7 Å². The minimum absolute atomic E-state index is 0.130. The van der Waals surface area contributed by atoms with Crippen molar-refractivity contribution in [2.75, 3.05) is 6.61 Å². The van der Waals surface area contributed by atoms with Gasteiger partial charge in [0.15, 0.2) is 0 Å². The van der Waals surface area contributed by atoms with Crippen molar-refractivity contribution < 1.29 is 19.4 Å². The second-order valence-corrected chi connectivity index (χ2v) is 8.14. The molecule has 2 unspecified atom stereocenters. The third-order valence-electron chi connectivity index (χ3n) is 6.94. The highest BCUT2D eigenvalue weighted by atomic mass is 16.5. The molecule has 0 bridgehead atoms. The predicted octanol–water partition coefficient (Wildman–Crippen LogP) is 2.35. The number of rotatable bonds is 4. The smallest absolute Gasteiger partial charge is 0.336 e. The second kappa shape index (κ2) is 6.94. The van der Waals surface area contributed by atoms with Crippen molar-refractivity contribution >= 4 is 12.4 Å². The number of allylic oxidation sites excluding steroid dienone is 3. The van der Waals surface area contributed by atoms with E-state index in [4.69, 9.17) is 4.74 Å². The first-order valence-corrected chi connectivity index (χ1v) is 9.30. The highest BCUT2D eigenvalue weighted by Gasteiger charge is 2.49. The van der Waals surface area contributed by atoms with E-state index >= 15 is 0 Å². The molecule has 1 saturated carbocycles. The van der Waals surface area contributed by atoms with Gasteiger partial charge in [0.2, 0.25) is 6.41 Å². The van der Waals surface area contributed by atoms with Gasteiger partial charge in [-0.25, -0.2) is 4.79 Å². The Bertz CT molecular complexity index is 611. The maximum Gasteiger partial charge on any atom is 0.336 e. The average molecular weight is 347 g/mol. The number of hydrogen-bond acceptors (Lipinski definition) is 4. The maximum absolute atomic E-state index is 12.0. The van der Waals surface area contributed by atoms with Gasteiger partial charge in [0.25, 0.3) is 0 Å². The van der Waals surface area contributed by atoms with E-state index in [1.807, 2.05) is 6.08 Å². The first-order valence-electron chi connectivity index (χ1n) is 9.30. The molecule has 0 aromatic carbocycles. The molecule has 1 aliphatic heterocycles. The molecule has 2 N–H and O–H groups in total. The molecule has 2 aliphatic carbocycles. The van der Waals surface area contributed by atoms with Crippen molar-refractivity contribution in [2.45, 2.75) is 58.6 Å². The zero-order chi connectivity index (χ0) is 18.2. The van der Waals surface area contributed by atoms with Crippen LogP contribution in [0.25, 0.3) is 0 Å². The fourth-order valence-corrected chi connectivity index (χ4v) is 5.29. The number of amides is 1. The monoisotopic (exact) mass is 347 g/mol. The van der Waals surface area contributed by atoms with Crippen LogP contribution in [0.2, 0.25) is 0 Å². The van der Waals surface area contributed by atoms with Gasteiger partial charge in [0, 0.05) is 0 Å². The summed E-state index contributed by atoms with van der Waals surface area (Å²) in [7, 11) is 0. The summed E-state index contributed by atoms with van der Waals surface area (Å²) in [6, 6.07) is -0.339. The van der Waals surface area contributed by atoms with Crippen molar-refractivity contribution in [2.24, 2.45) is 23.2 Å². The number of ether oxygens (including phenoxy) is 1. The molecule has 0 spiro atoms. The van der Waals surface area contributed by atoms with Crippen LogP contribution >= 0.6 is 0 Å². The Morgan fingerprint density at radius 2 is 2.24 bits per heavy atom. The summed E-state index contributed by atoms with van der Waals surface area (Å²) in [5.41, 5.74) is 2.06. The quantitative estimate of drug-likeness (QED) is 0.354. The maximum atomic E-state index is 12.0. The standard InChI is InChI=1S/C20H29NO4/c1-12-4-6-16-13(2)18(23)8-9-20(16,3)15(12)7-5-14-17(21-11-22)10-25-19(14)24/h4-5,11,13,15-18,23H,6-10H2,1-3H3,(H,21,22)/b14-5+/t13-,15-,16?,17?,18-,20+/m1/s1. The first kappa shape index (κ1) is 18.2. The van der Waals surface area contributed by atoms with Crippen LogP contribution in [0.3, 0.4) is 0 Å². The predicted molar refractivity (Wildman–Crippen MR) is 94.5 cm³/mol. The topological polar surface area (TPSA) is 75.6 Å². The molecular weight excluding hydrogens is 318 g/mol. The molecule has 0 aromatic rings. The number of esters is 1. The Morgan fingerprint density at radius 1 is 1.48 bits per heavy atom. The van der Waals surface area contributed by atoms with E-state index in [0.717, 1.165) is 25.7 Å². The molecule has 2 fully saturated rings. The SMILES string of the molecule is CC1=CCC2[C@@H](C)[C@H](O)CC[C@@]2(C)[C@@H]1C/C=C1/C(=O)OCC1NC=O. The fraction of sp³-hybridized carbons (Fsp3) is 0.700. The fourth-order valence-electron chi connectivity index (χ4n) is 5.29. The van der Waals surface area contributed by atoms with Crippen molar-refractivity contribution in [3.05, 3.63) is 23.3 Å². The molecule has 1 amide bonds. The second-order valence-electron chi connectivity index (χ2n) is 8.14. The average Bonchev–Trinajstić information content (AvgIpc) is 2.92. The van der Waals surface area contributed by atoms with Crippen molar-refractivity contribution in [1.29, 1.82) is 0 Å². The Hall–Kier alpha value is -1.62. The van der Waals surface area contributed by atoms with Gasteiger partial charge in [-0.05, 0) is 55.8 Å². The van der Waals surface area contributed by atoms with Crippen molar-refractivity contribution in [1.82, 2.24) is 5.32 Å². The lowest BCUT2D eigenvalue weighted by molar-refractivity contribution is -0.135. The molecule has 1 heterocycles. The van der Waals surface area contributed by atoms with Crippen molar-refractivity contribution in [3.8, 4) is 0 Å². The molecule has 5 heteroatoms. The Labute approximate surface area is 149 Å². The normalized spacial score (nSPS) is 42.6. The summed E-state index contributed by atoms with van der Waals surface area (Å²) in [6.07, 6.45) is 8.29. The summed E-state index contributed by atoms with van der Waals surface area (Å²) >= 11 is 0. The zero-order valence-corrected chi connectivity index (χ0v) is 15.3. The van der Waals surface area contributed by atoms with Crippen LogP contribution in [0.4, 0.5) is 0 Å². The van der Waals surface area contributed by atoms with Crippen LogP contribution in [0, 0.1) is 23.2 Å². The molecule has 0 aromatic heterocycles. The van der Waals surface area contributed by atoms with E-state index < -0.39 is 0 Å². The lowest BCUT2D eigenvalue weighted by atomic mass is 9.52. The van der Waals surface area contributed by atoms with Crippen molar-refractivity contribution in [3.63, 3.8) is 0 Å². The minimum atomic E-state index is -0.339. The van der Waals surface area contributed by atoms with E-state index in [2.05, 4.69) is 32.2 Å². The van der Waals surface area contributed by atoms with E-state index in [-0.39, 0.29) is 30.1 Å². The van der Waals surface area contributed by atoms with Gasteiger partial charge in [-0.2, -0.15) is 0 Å². The third-order valence-corrected chi connectivity index (χ3v) is 6.94. The molecule has 3 aliphatic rings. The number of aliphatic hydroxyl groups excluding tert-OH is 1. The molecule has 25 heavy (non-hydrogen) atoms. The first-order chi connectivity index (χ1) is 11.9. The molecule has 5 nitrogen and oxygen atoms in total. The number of carbonyl (C=O) groups excluding carboxylic acids is 2. The van der Waals surface area contributed by atoms with Crippen LogP contribution in [0.1, 0.15) is 46.5 Å². The number of fused-ring (bicyclic) bond motifs is 1. The lowest BCUT2D eigenvalue weighted by Crippen LogP contribution is -2.48. The zero-order valence-electron chi connectivity index (χ0n) is 15.3. The minimum Gasteiger partial charge on any atom is -0.460 e. The van der Waals surface area contributed by atoms with Crippen LogP contribution in [0.15, 0.2) is 23.3 Å². The van der Waals surface area contributed by atoms with E-state index in [1.54, 1.807) is 0 Å². The van der Waals surface area contributed by atoms with Gasteiger partial charge < -0.3 is 15.2 Å². The Morgan fingerprint density at radius 3 is 2.96 bits per heavy atom. The largest absolute Gasteiger partial charge is 0.460 e. The number of aliphatic hydroxyl groups is 1. The van der Waals surface area contributed by atoms with Crippen LogP contribution in [-0.4, -0.2) is 36.2 Å². The number of carbonyl (C=O) groups is 2. The Balaban J connectivity index is 1.84. The van der Waals surface area contributed by atoms with Gasteiger partial charge in [-0.1, -0.05) is 31.6 Å². The molecule has 6 atom stereocenters. The van der Waals surface area contributed by atoms with Gasteiger partial charge >= 0.3 is 5.97 Å². The van der Waals surface area contributed by atoms with E-state index in [1.165, 1.54) is 5.57 Å².